The zero-order valence-corrected chi connectivity index (χ0v) is 14.7. The summed E-state index contributed by atoms with van der Waals surface area (Å²) < 4.78 is 5.77. The Bertz CT molecular complexity index is 532. The summed E-state index contributed by atoms with van der Waals surface area (Å²) in [6.45, 7) is 2.31. The van der Waals surface area contributed by atoms with Crippen molar-refractivity contribution in [2.75, 3.05) is 40.8 Å². The van der Waals surface area contributed by atoms with Crippen LogP contribution >= 0.6 is 0 Å². The SMILES string of the molecule is CNC(=C[N+](=O)[O-])NCCCCOc1cccc(CCN(C)C)c1. The molecule has 0 aliphatic rings. The molecule has 0 fully saturated rings. The maximum Gasteiger partial charge on any atom is 0.274 e. The topological polar surface area (TPSA) is 79.7 Å². The second-order valence-corrected chi connectivity index (χ2v) is 5.76. The van der Waals surface area contributed by atoms with Gasteiger partial charge >= 0.3 is 0 Å². The van der Waals surface area contributed by atoms with Crippen LogP contribution in [0.1, 0.15) is 18.4 Å². The van der Waals surface area contributed by atoms with Gasteiger partial charge in [0, 0.05) is 20.1 Å². The molecule has 0 amide bonds. The van der Waals surface area contributed by atoms with Crippen LogP contribution in [0.2, 0.25) is 0 Å². The van der Waals surface area contributed by atoms with Crippen LogP contribution in [0, 0.1) is 10.1 Å². The van der Waals surface area contributed by atoms with Crippen LogP contribution in [-0.2, 0) is 6.42 Å². The monoisotopic (exact) mass is 336 g/mol. The van der Waals surface area contributed by atoms with Gasteiger partial charge in [-0.2, -0.15) is 0 Å². The smallest absolute Gasteiger partial charge is 0.274 e. The summed E-state index contributed by atoms with van der Waals surface area (Å²) in [5.41, 5.74) is 1.27. The minimum Gasteiger partial charge on any atom is -0.494 e. The molecule has 1 aromatic carbocycles. The molecular formula is C17H28N4O3. The van der Waals surface area contributed by atoms with E-state index in [1.54, 1.807) is 7.05 Å². The lowest BCUT2D eigenvalue weighted by Crippen LogP contribution is -2.25. The van der Waals surface area contributed by atoms with E-state index in [0.717, 1.165) is 37.8 Å². The molecule has 134 valence electrons. The van der Waals surface area contributed by atoms with Gasteiger partial charge in [0.2, 0.25) is 0 Å². The van der Waals surface area contributed by atoms with Gasteiger partial charge in [0.25, 0.3) is 6.20 Å². The van der Waals surface area contributed by atoms with E-state index in [-0.39, 0.29) is 0 Å². The van der Waals surface area contributed by atoms with Crippen LogP contribution in [0.4, 0.5) is 0 Å². The average molecular weight is 336 g/mol. The van der Waals surface area contributed by atoms with Gasteiger partial charge in [0.1, 0.15) is 5.75 Å². The van der Waals surface area contributed by atoms with E-state index in [9.17, 15) is 10.1 Å². The van der Waals surface area contributed by atoms with Crippen LogP contribution < -0.4 is 15.4 Å². The zero-order valence-electron chi connectivity index (χ0n) is 14.7. The molecule has 0 heterocycles. The van der Waals surface area contributed by atoms with E-state index in [1.165, 1.54) is 5.56 Å². The minimum atomic E-state index is -0.481. The molecule has 0 bridgehead atoms. The molecule has 1 rings (SSSR count). The fourth-order valence-electron chi connectivity index (χ4n) is 2.09. The molecule has 0 aliphatic heterocycles. The van der Waals surface area contributed by atoms with Crippen molar-refractivity contribution in [1.82, 2.24) is 15.5 Å². The molecule has 0 unspecified atom stereocenters. The quantitative estimate of drug-likeness (QED) is 0.344. The Morgan fingerprint density at radius 1 is 1.38 bits per heavy atom. The van der Waals surface area contributed by atoms with Crippen molar-refractivity contribution in [3.8, 4) is 5.75 Å². The molecule has 0 aliphatic carbocycles. The first-order valence-electron chi connectivity index (χ1n) is 8.14. The van der Waals surface area contributed by atoms with Crippen molar-refractivity contribution in [1.29, 1.82) is 0 Å². The van der Waals surface area contributed by atoms with Crippen molar-refractivity contribution < 1.29 is 9.66 Å². The molecule has 0 aromatic heterocycles. The fourth-order valence-corrected chi connectivity index (χ4v) is 2.09. The highest BCUT2D eigenvalue weighted by Crippen LogP contribution is 2.14. The lowest BCUT2D eigenvalue weighted by molar-refractivity contribution is -0.404. The predicted octanol–water partition coefficient (Wildman–Crippen LogP) is 1.83. The largest absolute Gasteiger partial charge is 0.494 e. The normalized spacial score (nSPS) is 11.4. The summed E-state index contributed by atoms with van der Waals surface area (Å²) in [7, 11) is 5.78. The molecular weight excluding hydrogens is 308 g/mol. The zero-order chi connectivity index (χ0) is 17.8. The second-order valence-electron chi connectivity index (χ2n) is 5.76. The summed E-state index contributed by atoms with van der Waals surface area (Å²) >= 11 is 0. The lowest BCUT2D eigenvalue weighted by Gasteiger charge is -2.11. The summed E-state index contributed by atoms with van der Waals surface area (Å²) in [5.74, 6) is 1.30. The number of nitrogens with one attached hydrogen (secondary N) is 2. The standard InChI is InChI=1S/C17H28N4O3/c1-18-17(14-21(22)23)19-10-4-5-12-24-16-8-6-7-15(13-16)9-11-20(2)3/h6-8,13-14,18-19H,4-5,9-12H2,1-3H3. The van der Waals surface area contributed by atoms with Gasteiger partial charge in [-0.15, -0.1) is 0 Å². The Balaban J connectivity index is 2.23. The van der Waals surface area contributed by atoms with Crippen LogP contribution in [0.5, 0.6) is 5.75 Å². The van der Waals surface area contributed by atoms with E-state index >= 15 is 0 Å². The van der Waals surface area contributed by atoms with E-state index < -0.39 is 4.92 Å². The maximum atomic E-state index is 10.4. The highest BCUT2D eigenvalue weighted by Gasteiger charge is 2.00. The second kappa shape index (κ2) is 11.3. The van der Waals surface area contributed by atoms with E-state index in [1.807, 2.05) is 12.1 Å². The Kier molecular flexibility index (Phi) is 9.29. The third-order valence-electron chi connectivity index (χ3n) is 3.41. The summed E-state index contributed by atoms with van der Waals surface area (Å²) in [6, 6.07) is 8.18. The van der Waals surface area contributed by atoms with Crippen molar-refractivity contribution in [2.45, 2.75) is 19.3 Å². The van der Waals surface area contributed by atoms with Crippen LogP contribution in [0.15, 0.2) is 36.3 Å². The molecule has 1 aromatic rings. The van der Waals surface area contributed by atoms with Crippen molar-refractivity contribution in [3.05, 3.63) is 52.0 Å². The predicted molar refractivity (Wildman–Crippen MR) is 95.6 cm³/mol. The molecule has 0 saturated carbocycles. The van der Waals surface area contributed by atoms with Crippen molar-refractivity contribution in [3.63, 3.8) is 0 Å². The number of hydrogen-bond acceptors (Lipinski definition) is 6. The van der Waals surface area contributed by atoms with Crippen LogP contribution in [0.25, 0.3) is 0 Å². The molecule has 24 heavy (non-hydrogen) atoms. The summed E-state index contributed by atoms with van der Waals surface area (Å²) in [4.78, 5) is 12.1. The maximum absolute atomic E-state index is 10.4. The number of rotatable bonds is 12. The highest BCUT2D eigenvalue weighted by atomic mass is 16.6. The molecule has 0 spiro atoms. The van der Waals surface area contributed by atoms with Gasteiger partial charge in [-0.05, 0) is 51.1 Å². The Morgan fingerprint density at radius 3 is 2.83 bits per heavy atom. The fraction of sp³-hybridized carbons (Fsp3) is 0.529. The van der Waals surface area contributed by atoms with E-state index in [2.05, 4.69) is 41.8 Å². The number of likely N-dealkylation sites (N-methyl/N-ethyl adjacent to an activating group) is 1. The van der Waals surface area contributed by atoms with Gasteiger partial charge in [-0.25, -0.2) is 0 Å². The third-order valence-corrected chi connectivity index (χ3v) is 3.41. The third kappa shape index (κ3) is 8.99. The number of hydrogen-bond donors (Lipinski definition) is 2. The molecule has 7 nitrogen and oxygen atoms in total. The first-order chi connectivity index (χ1) is 11.5. The molecule has 0 radical (unpaired) electrons. The Labute approximate surface area is 143 Å². The molecule has 0 atom stereocenters. The number of ether oxygens (including phenoxy) is 1. The van der Waals surface area contributed by atoms with Crippen LogP contribution in [-0.4, -0.2) is 50.7 Å². The molecule has 7 heteroatoms. The summed E-state index contributed by atoms with van der Waals surface area (Å²) in [5, 5.41) is 16.1. The molecule has 0 saturated heterocycles. The summed E-state index contributed by atoms with van der Waals surface area (Å²) in [6.07, 6.45) is 3.68. The number of unbranched alkanes of at least 4 members (excludes halogenated alkanes) is 1. The van der Waals surface area contributed by atoms with E-state index in [0.29, 0.717) is 19.0 Å². The van der Waals surface area contributed by atoms with Gasteiger partial charge < -0.3 is 20.3 Å². The Hall–Kier alpha value is -2.28. The van der Waals surface area contributed by atoms with Gasteiger partial charge in [0.05, 0.1) is 11.5 Å². The number of nitro groups is 1. The van der Waals surface area contributed by atoms with Gasteiger partial charge in [-0.3, -0.25) is 10.1 Å². The first-order valence-corrected chi connectivity index (χ1v) is 8.14. The minimum absolute atomic E-state index is 0.412. The lowest BCUT2D eigenvalue weighted by atomic mass is 10.1. The first kappa shape index (κ1) is 19.8. The molecule has 2 N–H and O–H groups in total. The van der Waals surface area contributed by atoms with E-state index in [4.69, 9.17) is 4.74 Å². The van der Waals surface area contributed by atoms with Gasteiger partial charge in [-0.1, -0.05) is 12.1 Å². The van der Waals surface area contributed by atoms with Crippen LogP contribution in [0.3, 0.4) is 0 Å². The number of nitrogens with zero attached hydrogens (tertiary/aromatic N) is 2. The average Bonchev–Trinajstić information content (AvgIpc) is 2.55. The van der Waals surface area contributed by atoms with Crippen molar-refractivity contribution in [2.24, 2.45) is 0 Å². The number of benzene rings is 1. The van der Waals surface area contributed by atoms with Crippen molar-refractivity contribution >= 4 is 0 Å². The highest BCUT2D eigenvalue weighted by molar-refractivity contribution is 5.28. The Morgan fingerprint density at radius 2 is 2.17 bits per heavy atom. The van der Waals surface area contributed by atoms with Gasteiger partial charge in [0.15, 0.2) is 5.82 Å².